The highest BCUT2D eigenvalue weighted by Gasteiger charge is 2.08. The molecule has 0 saturated carbocycles. The van der Waals surface area contributed by atoms with E-state index in [1.54, 1.807) is 6.92 Å². The molecule has 0 aromatic heterocycles. The topological polar surface area (TPSA) is 0 Å². The van der Waals surface area contributed by atoms with Gasteiger partial charge in [0.25, 0.3) is 0 Å². The van der Waals surface area contributed by atoms with Gasteiger partial charge in [0, 0.05) is 0 Å². The molecule has 11 heavy (non-hydrogen) atoms. The highest BCUT2D eigenvalue weighted by atomic mass is 35.5. The van der Waals surface area contributed by atoms with Crippen molar-refractivity contribution in [3.8, 4) is 0 Å². The molecule has 0 saturated heterocycles. The molecule has 0 unspecified atom stereocenters. The van der Waals surface area contributed by atoms with Gasteiger partial charge in [0.15, 0.2) is 0 Å². The third kappa shape index (κ3) is 1.75. The van der Waals surface area contributed by atoms with Crippen LogP contribution in [-0.2, 0) is 0 Å². The van der Waals surface area contributed by atoms with Gasteiger partial charge in [0.1, 0.15) is 0 Å². The summed E-state index contributed by atoms with van der Waals surface area (Å²) in [6.07, 6.45) is 0. The first-order valence-electron chi connectivity index (χ1n) is 2.83. The fourth-order valence-electron chi connectivity index (χ4n) is 0.693. The van der Waals surface area contributed by atoms with Gasteiger partial charge in [-0.2, -0.15) is 0 Å². The first kappa shape index (κ1) is 9.47. The third-order valence-corrected chi connectivity index (χ3v) is 3.10. The lowest BCUT2D eigenvalue weighted by Crippen LogP contribution is -1.80. The molecule has 0 aliphatic carbocycles. The maximum atomic E-state index is 5.78. The molecule has 0 nitrogen and oxygen atoms in total. The van der Waals surface area contributed by atoms with Gasteiger partial charge in [-0.1, -0.05) is 46.4 Å². The van der Waals surface area contributed by atoms with Crippen molar-refractivity contribution in [3.05, 3.63) is 31.7 Å². The molecule has 1 aromatic carbocycles. The summed E-state index contributed by atoms with van der Waals surface area (Å²) in [6, 6.07) is 1.53. The minimum Gasteiger partial charge on any atom is -0.0826 e. The molecule has 60 valence electrons. The maximum absolute atomic E-state index is 5.78. The standard InChI is InChI=1S/C7H4Cl4/c1-3-6(10)4(8)2-5(9)7(3)11/h2H,1H3. The van der Waals surface area contributed by atoms with Gasteiger partial charge in [-0.25, -0.2) is 0 Å². The molecule has 0 amide bonds. The Morgan fingerprint density at radius 1 is 0.909 bits per heavy atom. The maximum Gasteiger partial charge on any atom is 0.0637 e. The van der Waals surface area contributed by atoms with E-state index in [1.807, 2.05) is 0 Å². The first-order valence-corrected chi connectivity index (χ1v) is 4.35. The molecule has 0 fully saturated rings. The fourth-order valence-corrected chi connectivity index (χ4v) is 1.60. The number of hydrogen-bond donors (Lipinski definition) is 0. The summed E-state index contributed by atoms with van der Waals surface area (Å²) in [5.74, 6) is 0. The Morgan fingerprint density at radius 3 is 1.64 bits per heavy atom. The van der Waals surface area contributed by atoms with Crippen molar-refractivity contribution in [1.29, 1.82) is 0 Å². The van der Waals surface area contributed by atoms with Crippen molar-refractivity contribution < 1.29 is 0 Å². The van der Waals surface area contributed by atoms with E-state index in [-0.39, 0.29) is 0 Å². The molecule has 1 rings (SSSR count). The predicted molar refractivity (Wildman–Crippen MR) is 51.2 cm³/mol. The lowest BCUT2D eigenvalue weighted by molar-refractivity contribution is 1.47. The minimum absolute atomic E-state index is 0.429. The zero-order valence-electron chi connectivity index (χ0n) is 5.59. The Hall–Kier alpha value is 0.380. The van der Waals surface area contributed by atoms with Crippen LogP contribution in [0.2, 0.25) is 20.1 Å². The third-order valence-electron chi connectivity index (χ3n) is 1.33. The molecule has 0 atom stereocenters. The van der Waals surface area contributed by atoms with E-state index in [9.17, 15) is 0 Å². The Morgan fingerprint density at radius 2 is 1.27 bits per heavy atom. The van der Waals surface area contributed by atoms with Gasteiger partial charge in [-0.15, -0.1) is 0 Å². The minimum atomic E-state index is 0.429. The van der Waals surface area contributed by atoms with Crippen LogP contribution in [0.4, 0.5) is 0 Å². The van der Waals surface area contributed by atoms with Crippen molar-refractivity contribution in [1.82, 2.24) is 0 Å². The Balaban J connectivity index is 3.46. The van der Waals surface area contributed by atoms with Crippen molar-refractivity contribution in [2.45, 2.75) is 6.92 Å². The fraction of sp³-hybridized carbons (Fsp3) is 0.143. The van der Waals surface area contributed by atoms with Crippen LogP contribution in [-0.4, -0.2) is 0 Å². The van der Waals surface area contributed by atoms with Crippen LogP contribution in [0.15, 0.2) is 6.07 Å². The van der Waals surface area contributed by atoms with Crippen molar-refractivity contribution in [2.75, 3.05) is 0 Å². The lowest BCUT2D eigenvalue weighted by Gasteiger charge is -2.04. The summed E-state index contributed by atoms with van der Waals surface area (Å²) in [6.45, 7) is 1.77. The van der Waals surface area contributed by atoms with Crippen LogP contribution in [0.3, 0.4) is 0 Å². The Kier molecular flexibility index (Phi) is 2.93. The number of halogens is 4. The van der Waals surface area contributed by atoms with Crippen LogP contribution in [0, 0.1) is 6.92 Å². The van der Waals surface area contributed by atoms with Crippen LogP contribution in [0.25, 0.3) is 0 Å². The zero-order chi connectivity index (χ0) is 8.59. The predicted octanol–water partition coefficient (Wildman–Crippen LogP) is 4.61. The lowest BCUT2D eigenvalue weighted by atomic mass is 10.2. The van der Waals surface area contributed by atoms with Crippen LogP contribution in [0.5, 0.6) is 0 Å². The van der Waals surface area contributed by atoms with Crippen LogP contribution in [0.1, 0.15) is 5.56 Å². The van der Waals surface area contributed by atoms with Crippen LogP contribution >= 0.6 is 46.4 Å². The van der Waals surface area contributed by atoms with Gasteiger partial charge in [-0.05, 0) is 18.6 Å². The van der Waals surface area contributed by atoms with Gasteiger partial charge in [0.05, 0.1) is 20.1 Å². The van der Waals surface area contributed by atoms with E-state index in [0.717, 1.165) is 0 Å². The van der Waals surface area contributed by atoms with Crippen molar-refractivity contribution in [3.63, 3.8) is 0 Å². The number of benzene rings is 1. The second-order valence-electron chi connectivity index (χ2n) is 2.09. The molecule has 1 aromatic rings. The summed E-state index contributed by atoms with van der Waals surface area (Å²) >= 11 is 23.0. The zero-order valence-corrected chi connectivity index (χ0v) is 8.61. The van der Waals surface area contributed by atoms with Gasteiger partial charge in [0.2, 0.25) is 0 Å². The van der Waals surface area contributed by atoms with E-state index >= 15 is 0 Å². The Bertz CT molecular complexity index is 267. The van der Waals surface area contributed by atoms with Crippen LogP contribution < -0.4 is 0 Å². The van der Waals surface area contributed by atoms with E-state index in [2.05, 4.69) is 0 Å². The highest BCUT2D eigenvalue weighted by molar-refractivity contribution is 6.47. The van der Waals surface area contributed by atoms with E-state index in [0.29, 0.717) is 25.7 Å². The molecule has 4 heteroatoms. The van der Waals surface area contributed by atoms with Gasteiger partial charge >= 0.3 is 0 Å². The molecule has 0 N–H and O–H groups in total. The van der Waals surface area contributed by atoms with Crippen molar-refractivity contribution >= 4 is 46.4 Å². The molecular formula is C7H4Cl4. The summed E-state index contributed by atoms with van der Waals surface area (Å²) in [4.78, 5) is 0. The Labute approximate surface area is 85.0 Å². The monoisotopic (exact) mass is 228 g/mol. The number of hydrogen-bond acceptors (Lipinski definition) is 0. The van der Waals surface area contributed by atoms with Gasteiger partial charge in [-0.3, -0.25) is 0 Å². The molecule has 0 bridgehead atoms. The normalized spacial score (nSPS) is 10.3. The summed E-state index contributed by atoms with van der Waals surface area (Å²) < 4.78 is 0. The van der Waals surface area contributed by atoms with E-state index < -0.39 is 0 Å². The number of rotatable bonds is 0. The average Bonchev–Trinajstić information content (AvgIpc) is 1.97. The smallest absolute Gasteiger partial charge is 0.0637 e. The van der Waals surface area contributed by atoms with E-state index in [4.69, 9.17) is 46.4 Å². The van der Waals surface area contributed by atoms with E-state index in [1.165, 1.54) is 6.07 Å². The molecule has 0 radical (unpaired) electrons. The second-order valence-corrected chi connectivity index (χ2v) is 3.66. The molecule has 0 aliphatic heterocycles. The molecular weight excluding hydrogens is 226 g/mol. The largest absolute Gasteiger partial charge is 0.0826 e. The summed E-state index contributed by atoms with van der Waals surface area (Å²) in [5.41, 5.74) is 0.714. The summed E-state index contributed by atoms with van der Waals surface area (Å²) in [5, 5.41) is 1.78. The highest BCUT2D eigenvalue weighted by Crippen LogP contribution is 2.36. The SMILES string of the molecule is Cc1c(Cl)c(Cl)cc(Cl)c1Cl. The first-order chi connectivity index (χ1) is 5.04. The average molecular weight is 230 g/mol. The summed E-state index contributed by atoms with van der Waals surface area (Å²) in [7, 11) is 0. The van der Waals surface area contributed by atoms with Gasteiger partial charge < -0.3 is 0 Å². The van der Waals surface area contributed by atoms with Crippen molar-refractivity contribution in [2.24, 2.45) is 0 Å². The molecule has 0 spiro atoms. The molecule has 0 heterocycles. The quantitative estimate of drug-likeness (QED) is 0.570. The second kappa shape index (κ2) is 3.40. The molecule has 0 aliphatic rings.